The summed E-state index contributed by atoms with van der Waals surface area (Å²) in [6.07, 6.45) is 1.49. The van der Waals surface area contributed by atoms with Crippen molar-refractivity contribution in [1.82, 2.24) is 30.8 Å². The normalized spacial score (nSPS) is 13.6. The number of carbonyl (C=O) groups excluding carboxylic acids is 3. The number of amides is 4. The number of benzene rings is 2. The lowest BCUT2D eigenvalue weighted by Crippen LogP contribution is -2.53. The molecule has 4 aromatic rings. The van der Waals surface area contributed by atoms with Crippen molar-refractivity contribution in [2.24, 2.45) is 0 Å². The molecule has 0 bridgehead atoms. The third-order valence-electron chi connectivity index (χ3n) is 8.20. The smallest absolute Gasteiger partial charge is 0.407 e. The van der Waals surface area contributed by atoms with E-state index >= 15 is 0 Å². The van der Waals surface area contributed by atoms with Crippen LogP contribution in [-0.2, 0) is 35.4 Å². The molecule has 0 aliphatic carbocycles. The third kappa shape index (κ3) is 12.5. The number of aliphatic hydroxyl groups is 1. The largest absolute Gasteiger partial charge is 0.444 e. The predicted octanol–water partition coefficient (Wildman–Crippen LogP) is 5.70. The first-order chi connectivity index (χ1) is 24.1. The van der Waals surface area contributed by atoms with E-state index in [4.69, 9.17) is 4.74 Å². The molecule has 11 nitrogen and oxygen atoms in total. The van der Waals surface area contributed by atoms with Gasteiger partial charge in [0, 0.05) is 43.0 Å². The Hall–Kier alpha value is -4.33. The number of alkyl carbamates (subject to hydrolysis) is 1. The molecule has 0 aliphatic heterocycles. The van der Waals surface area contributed by atoms with Crippen LogP contribution in [0.5, 0.6) is 0 Å². The molecule has 4 N–H and O–H groups in total. The Balaban J connectivity index is 1.40. The molecule has 4 amide bonds. The maximum Gasteiger partial charge on any atom is 0.407 e. The fraction of sp³-hybridized carbons (Fsp3) is 0.432. The molecule has 50 heavy (non-hydrogen) atoms. The van der Waals surface area contributed by atoms with Gasteiger partial charge in [-0.25, -0.2) is 14.6 Å². The predicted molar refractivity (Wildman–Crippen MR) is 197 cm³/mol. The molecule has 4 atom stereocenters. The minimum absolute atomic E-state index is 0.0698. The van der Waals surface area contributed by atoms with Crippen LogP contribution in [0.15, 0.2) is 77.8 Å². The number of urea groups is 1. The lowest BCUT2D eigenvalue weighted by Gasteiger charge is -2.29. The number of thiazole rings is 2. The lowest BCUT2D eigenvalue weighted by atomic mass is 9.93. The highest BCUT2D eigenvalue weighted by atomic mass is 32.1. The summed E-state index contributed by atoms with van der Waals surface area (Å²) in [6.45, 7) is 8.78. The molecule has 0 aliphatic rings. The van der Waals surface area contributed by atoms with Gasteiger partial charge in [-0.3, -0.25) is 9.78 Å². The summed E-state index contributed by atoms with van der Waals surface area (Å²) < 4.78 is 5.41. The number of carbonyl (C=O) groups is 3. The molecule has 0 saturated heterocycles. The molecule has 0 saturated carbocycles. The van der Waals surface area contributed by atoms with Crippen LogP contribution in [-0.4, -0.2) is 75.3 Å². The second-order valence-electron chi connectivity index (χ2n) is 12.5. The number of hydrogen-bond donors (Lipinski definition) is 4. The Bertz CT molecular complexity index is 1600. The van der Waals surface area contributed by atoms with Crippen LogP contribution in [0.2, 0.25) is 0 Å². The molecule has 0 spiro atoms. The van der Waals surface area contributed by atoms with Crippen LogP contribution in [0, 0.1) is 0 Å². The van der Waals surface area contributed by atoms with Crippen molar-refractivity contribution < 1.29 is 24.2 Å². The third-order valence-corrected chi connectivity index (χ3v) is 10.1. The van der Waals surface area contributed by atoms with Crippen molar-refractivity contribution in [3.63, 3.8) is 0 Å². The number of likely N-dealkylation sites (N-methyl/N-ethyl adjacent to an activating group) is 1. The minimum atomic E-state index is -1.04. The fourth-order valence-corrected chi connectivity index (χ4v) is 6.74. The van der Waals surface area contributed by atoms with Crippen molar-refractivity contribution >= 4 is 40.7 Å². The average molecular weight is 721 g/mol. The second-order valence-corrected chi connectivity index (χ2v) is 14.4. The minimum Gasteiger partial charge on any atom is -0.444 e. The van der Waals surface area contributed by atoms with Crippen molar-refractivity contribution in [2.75, 3.05) is 13.1 Å². The van der Waals surface area contributed by atoms with Crippen molar-refractivity contribution in [3.05, 3.63) is 104 Å². The highest BCUT2D eigenvalue weighted by molar-refractivity contribution is 7.09. The van der Waals surface area contributed by atoms with Crippen molar-refractivity contribution in [2.45, 2.75) is 90.1 Å². The van der Waals surface area contributed by atoms with Gasteiger partial charge >= 0.3 is 12.1 Å². The molecule has 0 radical (unpaired) electrons. The lowest BCUT2D eigenvalue weighted by molar-refractivity contribution is -0.123. The molecule has 4 rings (SSSR count). The van der Waals surface area contributed by atoms with Gasteiger partial charge in [0.1, 0.15) is 12.6 Å². The van der Waals surface area contributed by atoms with E-state index in [0.717, 1.165) is 26.7 Å². The van der Waals surface area contributed by atoms with Crippen LogP contribution in [0.1, 0.15) is 66.7 Å². The maximum atomic E-state index is 13.5. The molecular formula is C37H48N6O5S2. The first kappa shape index (κ1) is 38.5. The second kappa shape index (κ2) is 19.8. The van der Waals surface area contributed by atoms with Gasteiger partial charge in [0.25, 0.3) is 0 Å². The van der Waals surface area contributed by atoms with Gasteiger partial charge in [0.15, 0.2) is 0 Å². The summed E-state index contributed by atoms with van der Waals surface area (Å²) in [5, 5.41) is 23.4. The molecule has 13 heteroatoms. The maximum absolute atomic E-state index is 13.5. The van der Waals surface area contributed by atoms with Gasteiger partial charge in [-0.15, -0.1) is 22.7 Å². The SMILES string of the molecule is CCN(CCc1csc(C(C)C)n1)C(=O)NC(C)C(=O)N[C@@H](Cc1ccccc1)C[C@H](O)[C@H](Cc1ccccc1)NC(=O)OCc1cncs1. The average Bonchev–Trinajstić information content (AvgIpc) is 3.81. The number of aliphatic hydroxyl groups excluding tert-OH is 1. The van der Waals surface area contributed by atoms with Gasteiger partial charge in [-0.1, -0.05) is 74.5 Å². The summed E-state index contributed by atoms with van der Waals surface area (Å²) in [4.78, 5) is 50.7. The van der Waals surface area contributed by atoms with Crippen LogP contribution < -0.4 is 16.0 Å². The van der Waals surface area contributed by atoms with Crippen molar-refractivity contribution in [1.29, 1.82) is 0 Å². The fourth-order valence-electron chi connectivity index (χ4n) is 5.37. The molecule has 0 fully saturated rings. The van der Waals surface area contributed by atoms with E-state index in [1.165, 1.54) is 11.3 Å². The Kier molecular flexibility index (Phi) is 15.2. The Labute approximate surface area is 302 Å². The molecule has 2 aromatic heterocycles. The van der Waals surface area contributed by atoms with Crippen LogP contribution in [0.4, 0.5) is 9.59 Å². The van der Waals surface area contributed by atoms with Gasteiger partial charge in [-0.05, 0) is 44.2 Å². The van der Waals surface area contributed by atoms with Crippen LogP contribution >= 0.6 is 22.7 Å². The summed E-state index contributed by atoms with van der Waals surface area (Å²) in [5.41, 5.74) is 4.51. The van der Waals surface area contributed by atoms with Gasteiger partial charge < -0.3 is 30.7 Å². The Morgan fingerprint density at radius 2 is 1.60 bits per heavy atom. The van der Waals surface area contributed by atoms with E-state index in [-0.39, 0.29) is 25.0 Å². The monoisotopic (exact) mass is 720 g/mol. The zero-order valence-corrected chi connectivity index (χ0v) is 30.7. The molecule has 2 aromatic carbocycles. The number of hydrogen-bond acceptors (Lipinski definition) is 9. The highest BCUT2D eigenvalue weighted by Crippen LogP contribution is 2.20. The van der Waals surface area contributed by atoms with E-state index in [9.17, 15) is 19.5 Å². The number of nitrogens with one attached hydrogen (secondary N) is 3. The summed E-state index contributed by atoms with van der Waals surface area (Å²) in [5.74, 6) is -0.0207. The van der Waals surface area contributed by atoms with Gasteiger partial charge in [0.05, 0.1) is 33.2 Å². The summed E-state index contributed by atoms with van der Waals surface area (Å²) in [7, 11) is 0. The Morgan fingerprint density at radius 1 is 0.920 bits per heavy atom. The quantitative estimate of drug-likeness (QED) is 0.103. The van der Waals surface area contributed by atoms with E-state index in [0.29, 0.717) is 38.3 Å². The van der Waals surface area contributed by atoms with Crippen LogP contribution in [0.25, 0.3) is 0 Å². The summed E-state index contributed by atoms with van der Waals surface area (Å²) >= 11 is 3.01. The van der Waals surface area contributed by atoms with Crippen LogP contribution in [0.3, 0.4) is 0 Å². The van der Waals surface area contributed by atoms with Gasteiger partial charge in [0.2, 0.25) is 5.91 Å². The van der Waals surface area contributed by atoms with Gasteiger partial charge in [-0.2, -0.15) is 0 Å². The highest BCUT2D eigenvalue weighted by Gasteiger charge is 2.28. The van der Waals surface area contributed by atoms with E-state index in [2.05, 4.69) is 39.8 Å². The first-order valence-corrected chi connectivity index (χ1v) is 18.7. The molecular weight excluding hydrogens is 673 g/mol. The standard InChI is InChI=1S/C37H48N6O5S2/c1-5-43(17-16-29-23-49-35(41-29)25(2)3)36(46)39-26(4)34(45)40-30(18-27-12-8-6-9-13-27)20-33(44)32(19-28-14-10-7-11-15-28)42-37(47)48-22-31-21-38-24-50-31/h6-15,21,23-26,30,32-33,44H,5,16-20,22H2,1-4H3,(H,39,46)(H,40,45)(H,42,47)/t26?,30-,32-,33-/m0/s1. The number of aromatic nitrogens is 2. The van der Waals surface area contributed by atoms with E-state index in [1.807, 2.05) is 73.0 Å². The van der Waals surface area contributed by atoms with Crippen molar-refractivity contribution in [3.8, 4) is 0 Å². The number of rotatable bonds is 18. The Morgan fingerprint density at radius 3 is 2.20 bits per heavy atom. The number of ether oxygens (including phenoxy) is 1. The first-order valence-electron chi connectivity index (χ1n) is 17.0. The number of nitrogens with zero attached hydrogens (tertiary/aromatic N) is 3. The van der Waals surface area contributed by atoms with E-state index < -0.39 is 30.3 Å². The van der Waals surface area contributed by atoms with E-state index in [1.54, 1.807) is 34.9 Å². The topological polar surface area (TPSA) is 146 Å². The summed E-state index contributed by atoms with van der Waals surface area (Å²) in [6, 6.07) is 16.8. The zero-order valence-electron chi connectivity index (χ0n) is 29.1. The molecule has 268 valence electrons. The zero-order chi connectivity index (χ0) is 35.9. The molecule has 1 unspecified atom stereocenters. The molecule has 2 heterocycles.